The third kappa shape index (κ3) is 2.75. The number of phenols is 1. The highest BCUT2D eigenvalue weighted by atomic mass is 16.3. The van der Waals surface area contributed by atoms with Crippen molar-refractivity contribution < 1.29 is 5.11 Å². The highest BCUT2D eigenvalue weighted by Gasteiger charge is 2.05. The molecule has 0 fully saturated rings. The average Bonchev–Trinajstić information content (AvgIpc) is 2.54. The molecule has 0 bridgehead atoms. The molecule has 0 atom stereocenters. The lowest BCUT2D eigenvalue weighted by molar-refractivity contribution is 0.477. The van der Waals surface area contributed by atoms with Crippen LogP contribution in [-0.2, 0) is 6.54 Å². The summed E-state index contributed by atoms with van der Waals surface area (Å²) >= 11 is 0. The van der Waals surface area contributed by atoms with Gasteiger partial charge < -0.3 is 10.8 Å². The molecule has 104 valence electrons. The maximum Gasteiger partial charge on any atom is 0.143 e. The van der Waals surface area contributed by atoms with Crippen LogP contribution in [0.4, 0.5) is 11.4 Å². The molecule has 3 N–H and O–H groups in total. The van der Waals surface area contributed by atoms with Crippen molar-refractivity contribution >= 4 is 22.1 Å². The summed E-state index contributed by atoms with van der Waals surface area (Å²) < 4.78 is 0. The molecule has 0 radical (unpaired) electrons. The molecular weight excluding hydrogens is 262 g/mol. The molecule has 0 aliphatic heterocycles. The number of fused-ring (bicyclic) bond motifs is 1. The van der Waals surface area contributed by atoms with E-state index in [9.17, 15) is 5.11 Å². The largest absolute Gasteiger partial charge is 0.506 e. The van der Waals surface area contributed by atoms with Gasteiger partial charge in [0, 0.05) is 11.9 Å². The van der Waals surface area contributed by atoms with Gasteiger partial charge in [0.25, 0.3) is 0 Å². The molecule has 0 heterocycles. The number of rotatable bonds is 3. The van der Waals surface area contributed by atoms with Crippen LogP contribution in [0.5, 0.6) is 5.75 Å². The van der Waals surface area contributed by atoms with Crippen molar-refractivity contribution in [3.8, 4) is 5.75 Å². The number of benzene rings is 3. The van der Waals surface area contributed by atoms with Gasteiger partial charge in [0.2, 0.25) is 0 Å². The number of nitrogens with zero attached hydrogens (tertiary/aromatic N) is 2. The van der Waals surface area contributed by atoms with Crippen LogP contribution in [0.3, 0.4) is 0 Å². The summed E-state index contributed by atoms with van der Waals surface area (Å²) in [6, 6.07) is 18.8. The van der Waals surface area contributed by atoms with Crippen LogP contribution in [0.15, 0.2) is 70.9 Å². The summed E-state index contributed by atoms with van der Waals surface area (Å²) in [5, 5.41) is 20.3. The highest BCUT2D eigenvalue weighted by molar-refractivity contribution is 5.95. The fourth-order valence-electron chi connectivity index (χ4n) is 2.20. The molecule has 0 aliphatic carbocycles. The van der Waals surface area contributed by atoms with E-state index in [4.69, 9.17) is 5.73 Å². The Labute approximate surface area is 122 Å². The molecule has 21 heavy (non-hydrogen) atoms. The summed E-state index contributed by atoms with van der Waals surface area (Å²) in [6.07, 6.45) is 0. The van der Waals surface area contributed by atoms with E-state index in [-0.39, 0.29) is 5.75 Å². The Hall–Kier alpha value is -2.72. The van der Waals surface area contributed by atoms with Crippen molar-refractivity contribution in [2.45, 2.75) is 6.54 Å². The van der Waals surface area contributed by atoms with Crippen molar-refractivity contribution in [2.75, 3.05) is 0 Å². The third-order valence-electron chi connectivity index (χ3n) is 3.29. The van der Waals surface area contributed by atoms with E-state index in [2.05, 4.69) is 10.2 Å². The van der Waals surface area contributed by atoms with Gasteiger partial charge >= 0.3 is 0 Å². The second-order valence-electron chi connectivity index (χ2n) is 4.73. The van der Waals surface area contributed by atoms with Crippen LogP contribution < -0.4 is 5.73 Å². The molecule has 0 spiro atoms. The smallest absolute Gasteiger partial charge is 0.143 e. The molecule has 0 unspecified atom stereocenters. The molecule has 0 saturated heterocycles. The Bertz CT molecular complexity index is 812. The minimum absolute atomic E-state index is 0.118. The number of phenolic OH excluding ortho intramolecular Hbond substituents is 1. The lowest BCUT2D eigenvalue weighted by Gasteiger charge is -2.03. The van der Waals surface area contributed by atoms with Crippen LogP contribution in [-0.4, -0.2) is 5.11 Å². The van der Waals surface area contributed by atoms with Gasteiger partial charge in [-0.15, -0.1) is 5.11 Å². The Morgan fingerprint density at radius 2 is 1.76 bits per heavy atom. The van der Waals surface area contributed by atoms with Gasteiger partial charge in [0.05, 0.1) is 5.69 Å². The molecule has 0 saturated carbocycles. The van der Waals surface area contributed by atoms with Crippen LogP contribution in [0.2, 0.25) is 0 Å². The van der Waals surface area contributed by atoms with Crippen molar-refractivity contribution in [3.05, 3.63) is 66.2 Å². The van der Waals surface area contributed by atoms with Crippen molar-refractivity contribution in [1.29, 1.82) is 0 Å². The SMILES string of the molecule is NCc1cccc(N=Nc2c(O)ccc3ccccc23)c1. The Morgan fingerprint density at radius 3 is 2.62 bits per heavy atom. The standard InChI is InChI=1S/C17H15N3O/c18-11-12-4-3-6-14(10-12)19-20-17-15-7-2-1-5-13(15)8-9-16(17)21/h1-10,21H,11,18H2. The zero-order valence-corrected chi connectivity index (χ0v) is 11.4. The molecule has 3 rings (SSSR count). The fourth-order valence-corrected chi connectivity index (χ4v) is 2.20. The van der Waals surface area contributed by atoms with Crippen LogP contribution in [0, 0.1) is 0 Å². The summed E-state index contributed by atoms with van der Waals surface area (Å²) in [4.78, 5) is 0. The van der Waals surface area contributed by atoms with E-state index in [1.165, 1.54) is 0 Å². The third-order valence-corrected chi connectivity index (χ3v) is 3.29. The first-order valence-electron chi connectivity index (χ1n) is 6.69. The fraction of sp³-hybridized carbons (Fsp3) is 0.0588. The molecular formula is C17H15N3O. The lowest BCUT2D eigenvalue weighted by atomic mass is 10.1. The Morgan fingerprint density at radius 1 is 0.905 bits per heavy atom. The molecule has 4 nitrogen and oxygen atoms in total. The molecule has 4 heteroatoms. The molecule has 3 aromatic carbocycles. The predicted octanol–water partition coefficient (Wildman–Crippen LogP) is 4.42. The number of hydrogen-bond donors (Lipinski definition) is 2. The van der Waals surface area contributed by atoms with Gasteiger partial charge in [-0.05, 0) is 29.1 Å². The second-order valence-corrected chi connectivity index (χ2v) is 4.73. The number of hydrogen-bond acceptors (Lipinski definition) is 4. The Balaban J connectivity index is 2.04. The van der Waals surface area contributed by atoms with E-state index >= 15 is 0 Å². The highest BCUT2D eigenvalue weighted by Crippen LogP contribution is 2.35. The summed E-state index contributed by atoms with van der Waals surface area (Å²) in [7, 11) is 0. The van der Waals surface area contributed by atoms with E-state index in [0.717, 1.165) is 16.3 Å². The van der Waals surface area contributed by atoms with Crippen molar-refractivity contribution in [2.24, 2.45) is 16.0 Å². The van der Waals surface area contributed by atoms with Gasteiger partial charge in [-0.1, -0.05) is 42.5 Å². The first kappa shape index (κ1) is 13.3. The van der Waals surface area contributed by atoms with Gasteiger partial charge in [-0.25, -0.2) is 0 Å². The average molecular weight is 277 g/mol. The first-order valence-corrected chi connectivity index (χ1v) is 6.69. The van der Waals surface area contributed by atoms with Gasteiger partial charge in [-0.3, -0.25) is 0 Å². The second kappa shape index (κ2) is 5.73. The zero-order chi connectivity index (χ0) is 14.7. The molecule has 0 aliphatic rings. The predicted molar refractivity (Wildman–Crippen MR) is 84.1 cm³/mol. The van der Waals surface area contributed by atoms with Gasteiger partial charge in [0.1, 0.15) is 11.4 Å². The van der Waals surface area contributed by atoms with Crippen molar-refractivity contribution in [1.82, 2.24) is 0 Å². The quantitative estimate of drug-likeness (QED) is 0.696. The summed E-state index contributed by atoms with van der Waals surface area (Å²) in [5.74, 6) is 0.118. The zero-order valence-electron chi connectivity index (χ0n) is 11.4. The normalized spacial score (nSPS) is 11.3. The molecule has 0 amide bonds. The Kier molecular flexibility index (Phi) is 3.62. The maximum absolute atomic E-state index is 10.0. The maximum atomic E-state index is 10.0. The topological polar surface area (TPSA) is 71.0 Å². The minimum atomic E-state index is 0.118. The summed E-state index contributed by atoms with van der Waals surface area (Å²) in [5.41, 5.74) is 7.80. The number of azo groups is 1. The first-order chi connectivity index (χ1) is 10.3. The van der Waals surface area contributed by atoms with E-state index in [1.54, 1.807) is 6.07 Å². The van der Waals surface area contributed by atoms with E-state index in [0.29, 0.717) is 17.9 Å². The van der Waals surface area contributed by atoms with Crippen LogP contribution >= 0.6 is 0 Å². The molecule has 3 aromatic rings. The van der Waals surface area contributed by atoms with Crippen molar-refractivity contribution in [3.63, 3.8) is 0 Å². The van der Waals surface area contributed by atoms with Crippen LogP contribution in [0.1, 0.15) is 5.56 Å². The number of nitrogens with two attached hydrogens (primary N) is 1. The van der Waals surface area contributed by atoms with Gasteiger partial charge in [-0.2, -0.15) is 5.11 Å². The minimum Gasteiger partial charge on any atom is -0.506 e. The van der Waals surface area contributed by atoms with E-state index in [1.807, 2.05) is 54.6 Å². The van der Waals surface area contributed by atoms with E-state index < -0.39 is 0 Å². The van der Waals surface area contributed by atoms with Crippen LogP contribution in [0.25, 0.3) is 10.8 Å². The monoisotopic (exact) mass is 277 g/mol. The van der Waals surface area contributed by atoms with Gasteiger partial charge in [0.15, 0.2) is 0 Å². The molecule has 0 aromatic heterocycles. The summed E-state index contributed by atoms with van der Waals surface area (Å²) in [6.45, 7) is 0.461. The number of aromatic hydroxyl groups is 1. The lowest BCUT2D eigenvalue weighted by Crippen LogP contribution is -1.94.